The van der Waals surface area contributed by atoms with Crippen LogP contribution in [0, 0.1) is 0 Å². The molecule has 1 aromatic heterocycles. The number of carbonyl (C=O) groups excluding carboxylic acids is 2. The molecule has 7 heteroatoms. The van der Waals surface area contributed by atoms with E-state index >= 15 is 0 Å². The van der Waals surface area contributed by atoms with Crippen LogP contribution in [0.1, 0.15) is 42.0 Å². The van der Waals surface area contributed by atoms with E-state index in [1.807, 2.05) is 74.5 Å². The van der Waals surface area contributed by atoms with Crippen molar-refractivity contribution in [1.29, 1.82) is 0 Å². The molecule has 34 heavy (non-hydrogen) atoms. The first-order valence-corrected chi connectivity index (χ1v) is 11.5. The molecule has 4 rings (SSSR count). The second-order valence-electron chi connectivity index (χ2n) is 7.93. The molecule has 0 fully saturated rings. The number of amides is 2. The number of anilines is 2. The van der Waals surface area contributed by atoms with Gasteiger partial charge in [0.15, 0.2) is 0 Å². The summed E-state index contributed by atoms with van der Waals surface area (Å²) in [7, 11) is 0. The summed E-state index contributed by atoms with van der Waals surface area (Å²) >= 11 is 0. The number of hydrogen-bond acceptors (Lipinski definition) is 4. The van der Waals surface area contributed by atoms with E-state index in [2.05, 4.69) is 20.6 Å². The van der Waals surface area contributed by atoms with E-state index in [1.54, 1.807) is 6.07 Å². The van der Waals surface area contributed by atoms with E-state index in [4.69, 9.17) is 4.74 Å². The molecule has 4 aromatic rings. The largest absolute Gasteiger partial charge is 0.494 e. The summed E-state index contributed by atoms with van der Waals surface area (Å²) in [5, 5.41) is 5.76. The molecule has 0 radical (unpaired) electrons. The fourth-order valence-electron chi connectivity index (χ4n) is 3.59. The van der Waals surface area contributed by atoms with Crippen molar-refractivity contribution in [2.45, 2.75) is 33.1 Å². The standard InChI is InChI=1S/C27H28N4O3/c1-3-26(32)28-20-9-5-18(6-10-20)7-16-25-30-23-15-8-19(17-24(23)31-25)27(33)29-21-11-13-22(14-12-21)34-4-2/h5-6,8-15,17H,3-4,7,16H2,1-2H3,(H,28,32)(H,29,33)(H,30,31). The lowest BCUT2D eigenvalue weighted by Crippen LogP contribution is -2.11. The van der Waals surface area contributed by atoms with Crippen LogP contribution in [0.4, 0.5) is 11.4 Å². The first-order valence-electron chi connectivity index (χ1n) is 11.5. The zero-order valence-corrected chi connectivity index (χ0v) is 19.4. The number of aryl methyl sites for hydroxylation is 2. The van der Waals surface area contributed by atoms with Crippen LogP contribution in [0.15, 0.2) is 66.7 Å². The molecule has 1 heterocycles. The molecule has 0 atom stereocenters. The number of aromatic amines is 1. The molecule has 0 unspecified atom stereocenters. The molecule has 2 amide bonds. The molecule has 0 spiro atoms. The molecule has 0 aliphatic heterocycles. The molecule has 0 saturated heterocycles. The van der Waals surface area contributed by atoms with Crippen molar-refractivity contribution < 1.29 is 14.3 Å². The number of nitrogens with zero attached hydrogens (tertiary/aromatic N) is 1. The van der Waals surface area contributed by atoms with Gasteiger partial charge < -0.3 is 20.4 Å². The number of nitrogens with one attached hydrogen (secondary N) is 3. The number of imidazole rings is 1. The molecule has 0 bridgehead atoms. The lowest BCUT2D eigenvalue weighted by atomic mass is 10.1. The molecular formula is C27H28N4O3. The first-order chi connectivity index (χ1) is 16.5. The minimum absolute atomic E-state index is 0.00237. The Kier molecular flexibility index (Phi) is 7.22. The number of rotatable bonds is 9. The average molecular weight is 457 g/mol. The van der Waals surface area contributed by atoms with Gasteiger partial charge in [0, 0.05) is 29.8 Å². The van der Waals surface area contributed by atoms with Crippen molar-refractivity contribution in [3.8, 4) is 5.75 Å². The number of H-pyrrole nitrogens is 1. The number of benzene rings is 3. The average Bonchev–Trinajstić information content (AvgIpc) is 3.27. The first kappa shape index (κ1) is 23.0. The summed E-state index contributed by atoms with van der Waals surface area (Å²) in [6.07, 6.45) is 2.01. The fourth-order valence-corrected chi connectivity index (χ4v) is 3.59. The van der Waals surface area contributed by atoms with Gasteiger partial charge in [-0.2, -0.15) is 0 Å². The monoisotopic (exact) mass is 456 g/mol. The maximum Gasteiger partial charge on any atom is 0.255 e. The highest BCUT2D eigenvalue weighted by atomic mass is 16.5. The molecule has 0 saturated carbocycles. The number of ether oxygens (including phenoxy) is 1. The third-order valence-corrected chi connectivity index (χ3v) is 5.43. The van der Waals surface area contributed by atoms with Crippen molar-refractivity contribution in [3.63, 3.8) is 0 Å². The molecule has 174 valence electrons. The maximum atomic E-state index is 12.7. The van der Waals surface area contributed by atoms with Gasteiger partial charge in [-0.25, -0.2) is 4.98 Å². The SMILES string of the molecule is CCOc1ccc(NC(=O)c2ccc3nc(CCc4ccc(NC(=O)CC)cc4)[nH]c3c2)cc1. The Morgan fingerprint density at radius 1 is 0.882 bits per heavy atom. The lowest BCUT2D eigenvalue weighted by molar-refractivity contribution is -0.115. The third-order valence-electron chi connectivity index (χ3n) is 5.43. The van der Waals surface area contributed by atoms with Gasteiger partial charge in [0.2, 0.25) is 5.91 Å². The molecule has 0 aliphatic carbocycles. The summed E-state index contributed by atoms with van der Waals surface area (Å²) in [5.41, 5.74) is 4.87. The summed E-state index contributed by atoms with van der Waals surface area (Å²) in [4.78, 5) is 32.2. The Labute approximate surface area is 198 Å². The smallest absolute Gasteiger partial charge is 0.255 e. The van der Waals surface area contributed by atoms with Crippen molar-refractivity contribution in [2.24, 2.45) is 0 Å². The van der Waals surface area contributed by atoms with Crippen molar-refractivity contribution in [3.05, 3.63) is 83.7 Å². The van der Waals surface area contributed by atoms with Crippen LogP contribution in [0.5, 0.6) is 5.75 Å². The minimum Gasteiger partial charge on any atom is -0.494 e. The number of carbonyl (C=O) groups is 2. The van der Waals surface area contributed by atoms with Gasteiger partial charge in [-0.1, -0.05) is 19.1 Å². The van der Waals surface area contributed by atoms with Gasteiger partial charge in [0.1, 0.15) is 11.6 Å². The van der Waals surface area contributed by atoms with E-state index in [-0.39, 0.29) is 11.8 Å². The Balaban J connectivity index is 1.37. The van der Waals surface area contributed by atoms with Crippen molar-refractivity contribution in [1.82, 2.24) is 9.97 Å². The Bertz CT molecular complexity index is 1280. The van der Waals surface area contributed by atoms with Crippen LogP contribution in [-0.2, 0) is 17.6 Å². The van der Waals surface area contributed by atoms with E-state index < -0.39 is 0 Å². The van der Waals surface area contributed by atoms with E-state index in [1.165, 1.54) is 0 Å². The zero-order valence-electron chi connectivity index (χ0n) is 19.4. The van der Waals surface area contributed by atoms with Gasteiger partial charge in [-0.3, -0.25) is 9.59 Å². The normalized spacial score (nSPS) is 10.8. The highest BCUT2D eigenvalue weighted by molar-refractivity contribution is 6.05. The molecule has 0 aliphatic rings. The van der Waals surface area contributed by atoms with E-state index in [0.717, 1.165) is 46.7 Å². The number of aromatic nitrogens is 2. The fraction of sp³-hybridized carbons (Fsp3) is 0.222. The van der Waals surface area contributed by atoms with E-state index in [9.17, 15) is 9.59 Å². The van der Waals surface area contributed by atoms with Crippen LogP contribution in [-0.4, -0.2) is 28.4 Å². The van der Waals surface area contributed by atoms with Gasteiger partial charge in [0.05, 0.1) is 17.6 Å². The van der Waals surface area contributed by atoms with Gasteiger partial charge in [-0.15, -0.1) is 0 Å². The van der Waals surface area contributed by atoms with Crippen molar-refractivity contribution >= 4 is 34.2 Å². The maximum absolute atomic E-state index is 12.7. The number of fused-ring (bicyclic) bond motifs is 1. The Morgan fingerprint density at radius 2 is 1.59 bits per heavy atom. The van der Waals surface area contributed by atoms with Crippen LogP contribution in [0.25, 0.3) is 11.0 Å². The quantitative estimate of drug-likeness (QED) is 0.316. The summed E-state index contributed by atoms with van der Waals surface area (Å²) in [6.45, 7) is 4.36. The second kappa shape index (κ2) is 10.7. The van der Waals surface area contributed by atoms with Gasteiger partial charge in [-0.05, 0) is 73.5 Å². The predicted octanol–water partition coefficient (Wildman–Crippen LogP) is 5.35. The third kappa shape index (κ3) is 5.81. The molecule has 3 N–H and O–H groups in total. The Morgan fingerprint density at radius 3 is 2.29 bits per heavy atom. The highest BCUT2D eigenvalue weighted by Crippen LogP contribution is 2.19. The summed E-state index contributed by atoms with van der Waals surface area (Å²) in [6, 6.07) is 20.6. The summed E-state index contributed by atoms with van der Waals surface area (Å²) in [5.74, 6) is 1.45. The molecule has 7 nitrogen and oxygen atoms in total. The van der Waals surface area contributed by atoms with Gasteiger partial charge in [0.25, 0.3) is 5.91 Å². The predicted molar refractivity (Wildman–Crippen MR) is 134 cm³/mol. The molecule has 3 aromatic carbocycles. The Hall–Kier alpha value is -4.13. The zero-order chi connectivity index (χ0) is 23.9. The topological polar surface area (TPSA) is 96.1 Å². The van der Waals surface area contributed by atoms with Crippen LogP contribution in [0.2, 0.25) is 0 Å². The highest BCUT2D eigenvalue weighted by Gasteiger charge is 2.10. The van der Waals surface area contributed by atoms with E-state index in [0.29, 0.717) is 24.3 Å². The lowest BCUT2D eigenvalue weighted by Gasteiger charge is -2.07. The van der Waals surface area contributed by atoms with Gasteiger partial charge >= 0.3 is 0 Å². The van der Waals surface area contributed by atoms with Crippen LogP contribution < -0.4 is 15.4 Å². The second-order valence-corrected chi connectivity index (χ2v) is 7.93. The van der Waals surface area contributed by atoms with Crippen LogP contribution >= 0.6 is 0 Å². The molecular weight excluding hydrogens is 428 g/mol. The minimum atomic E-state index is -0.183. The van der Waals surface area contributed by atoms with Crippen molar-refractivity contribution in [2.75, 3.05) is 17.2 Å². The number of hydrogen-bond donors (Lipinski definition) is 3. The summed E-state index contributed by atoms with van der Waals surface area (Å²) < 4.78 is 5.43. The van der Waals surface area contributed by atoms with Crippen LogP contribution in [0.3, 0.4) is 0 Å².